The smallest absolute Gasteiger partial charge is 0.0616 e. The standard InChI is InChI=1S/C19H13ClS2/c20-13-9-11-14(12-10-13)21-19-15-5-1-3-7-17(15)22-18-8-4-2-6-16(18)19/h1-12,19H. The Bertz CT molecular complexity index is 766. The van der Waals surface area contributed by atoms with Crippen molar-refractivity contribution in [2.24, 2.45) is 0 Å². The Morgan fingerprint density at radius 3 is 1.86 bits per heavy atom. The molecule has 0 unspecified atom stereocenters. The van der Waals surface area contributed by atoms with Crippen molar-refractivity contribution in [3.8, 4) is 0 Å². The largest absolute Gasteiger partial charge is 0.113 e. The fourth-order valence-corrected chi connectivity index (χ4v) is 5.29. The van der Waals surface area contributed by atoms with Gasteiger partial charge >= 0.3 is 0 Å². The van der Waals surface area contributed by atoms with Crippen LogP contribution in [0.2, 0.25) is 5.02 Å². The Morgan fingerprint density at radius 1 is 0.727 bits per heavy atom. The molecule has 0 N–H and O–H groups in total. The topological polar surface area (TPSA) is 0 Å². The van der Waals surface area contributed by atoms with Crippen molar-refractivity contribution in [2.75, 3.05) is 0 Å². The average Bonchev–Trinajstić information content (AvgIpc) is 2.56. The van der Waals surface area contributed by atoms with Gasteiger partial charge in [-0.3, -0.25) is 0 Å². The zero-order chi connectivity index (χ0) is 14.9. The molecule has 0 aromatic heterocycles. The van der Waals surface area contributed by atoms with Gasteiger partial charge in [0.25, 0.3) is 0 Å². The minimum absolute atomic E-state index is 0.329. The van der Waals surface area contributed by atoms with Crippen LogP contribution in [0.25, 0.3) is 0 Å². The summed E-state index contributed by atoms with van der Waals surface area (Å²) in [6.45, 7) is 0. The van der Waals surface area contributed by atoms with Crippen molar-refractivity contribution in [3.63, 3.8) is 0 Å². The summed E-state index contributed by atoms with van der Waals surface area (Å²) < 4.78 is 0. The van der Waals surface area contributed by atoms with Gasteiger partial charge in [0.15, 0.2) is 0 Å². The van der Waals surface area contributed by atoms with E-state index >= 15 is 0 Å². The lowest BCUT2D eigenvalue weighted by Gasteiger charge is -2.27. The Labute approximate surface area is 143 Å². The number of hydrogen-bond donors (Lipinski definition) is 0. The van der Waals surface area contributed by atoms with Crippen molar-refractivity contribution in [1.82, 2.24) is 0 Å². The maximum atomic E-state index is 6.00. The van der Waals surface area contributed by atoms with E-state index in [0.717, 1.165) is 5.02 Å². The Balaban J connectivity index is 1.79. The first-order chi connectivity index (χ1) is 10.8. The fraction of sp³-hybridized carbons (Fsp3) is 0.0526. The van der Waals surface area contributed by atoms with Crippen molar-refractivity contribution < 1.29 is 0 Å². The van der Waals surface area contributed by atoms with E-state index < -0.39 is 0 Å². The van der Waals surface area contributed by atoms with Crippen molar-refractivity contribution in [3.05, 3.63) is 88.9 Å². The van der Waals surface area contributed by atoms with Crippen LogP contribution >= 0.6 is 35.1 Å². The van der Waals surface area contributed by atoms with Gasteiger partial charge in [0.1, 0.15) is 0 Å². The molecule has 22 heavy (non-hydrogen) atoms. The summed E-state index contributed by atoms with van der Waals surface area (Å²) in [5, 5.41) is 1.11. The molecule has 3 heteroatoms. The molecule has 0 saturated heterocycles. The molecule has 4 rings (SSSR count). The first kappa shape index (κ1) is 14.3. The van der Waals surface area contributed by atoms with Crippen LogP contribution in [-0.2, 0) is 0 Å². The van der Waals surface area contributed by atoms with Gasteiger partial charge in [-0.2, -0.15) is 0 Å². The third kappa shape index (κ3) is 2.67. The summed E-state index contributed by atoms with van der Waals surface area (Å²) in [4.78, 5) is 3.95. The van der Waals surface area contributed by atoms with E-state index in [4.69, 9.17) is 11.6 Å². The van der Waals surface area contributed by atoms with Crippen LogP contribution in [0.15, 0.2) is 87.5 Å². The van der Waals surface area contributed by atoms with E-state index in [1.807, 2.05) is 35.7 Å². The summed E-state index contributed by atoms with van der Waals surface area (Å²) >= 11 is 9.76. The van der Waals surface area contributed by atoms with E-state index in [1.165, 1.54) is 25.8 Å². The third-order valence-electron chi connectivity index (χ3n) is 3.69. The third-order valence-corrected chi connectivity index (χ3v) is 6.41. The van der Waals surface area contributed by atoms with Gasteiger partial charge in [-0.05, 0) is 47.5 Å². The second kappa shape index (κ2) is 6.04. The monoisotopic (exact) mass is 340 g/mol. The number of rotatable bonds is 2. The van der Waals surface area contributed by atoms with E-state index in [2.05, 4.69) is 60.7 Å². The molecule has 0 fully saturated rings. The minimum Gasteiger partial charge on any atom is -0.113 e. The molecule has 0 spiro atoms. The fourth-order valence-electron chi connectivity index (χ4n) is 2.64. The summed E-state index contributed by atoms with van der Waals surface area (Å²) in [7, 11) is 0. The van der Waals surface area contributed by atoms with Crippen LogP contribution in [0.4, 0.5) is 0 Å². The highest BCUT2D eigenvalue weighted by Crippen LogP contribution is 2.52. The van der Waals surface area contributed by atoms with Crippen LogP contribution < -0.4 is 0 Å². The molecule has 1 heterocycles. The normalized spacial score (nSPS) is 13.5. The molecule has 0 nitrogen and oxygen atoms in total. The molecule has 0 saturated carbocycles. The molecule has 1 aliphatic rings. The molecular formula is C19H13ClS2. The van der Waals surface area contributed by atoms with Gasteiger partial charge in [-0.1, -0.05) is 59.8 Å². The number of thioether (sulfide) groups is 1. The number of halogens is 1. The molecule has 0 bridgehead atoms. The van der Waals surface area contributed by atoms with Crippen molar-refractivity contribution >= 4 is 35.1 Å². The van der Waals surface area contributed by atoms with Crippen LogP contribution in [0.1, 0.15) is 16.4 Å². The summed E-state index contributed by atoms with van der Waals surface area (Å²) in [5.74, 6) is 0. The molecule has 0 amide bonds. The first-order valence-corrected chi connectivity index (χ1v) is 9.16. The lowest BCUT2D eigenvalue weighted by atomic mass is 10.0. The lowest BCUT2D eigenvalue weighted by Crippen LogP contribution is -2.05. The van der Waals surface area contributed by atoms with Gasteiger partial charge in [-0.15, -0.1) is 11.8 Å². The predicted molar refractivity (Wildman–Crippen MR) is 96.2 cm³/mol. The van der Waals surface area contributed by atoms with E-state index in [0.29, 0.717) is 5.25 Å². The van der Waals surface area contributed by atoms with Crippen molar-refractivity contribution in [1.29, 1.82) is 0 Å². The van der Waals surface area contributed by atoms with E-state index in [1.54, 1.807) is 0 Å². The van der Waals surface area contributed by atoms with Crippen LogP contribution in [0.5, 0.6) is 0 Å². The highest BCUT2D eigenvalue weighted by atomic mass is 35.5. The molecule has 3 aromatic carbocycles. The molecule has 108 valence electrons. The molecule has 3 aromatic rings. The van der Waals surface area contributed by atoms with Crippen molar-refractivity contribution in [2.45, 2.75) is 19.9 Å². The minimum atomic E-state index is 0.329. The maximum absolute atomic E-state index is 6.00. The van der Waals surface area contributed by atoms with Gasteiger partial charge in [0.05, 0.1) is 5.25 Å². The van der Waals surface area contributed by atoms with Crippen LogP contribution in [-0.4, -0.2) is 0 Å². The van der Waals surface area contributed by atoms with E-state index in [-0.39, 0.29) is 0 Å². The number of hydrogen-bond acceptors (Lipinski definition) is 2. The maximum Gasteiger partial charge on any atom is 0.0616 e. The zero-order valence-electron chi connectivity index (χ0n) is 11.7. The van der Waals surface area contributed by atoms with Gasteiger partial charge in [0.2, 0.25) is 0 Å². The SMILES string of the molecule is Clc1ccc(SC2c3ccccc3Sc3ccccc32)cc1. The van der Waals surface area contributed by atoms with Gasteiger partial charge < -0.3 is 0 Å². The van der Waals surface area contributed by atoms with Crippen LogP contribution in [0.3, 0.4) is 0 Å². The summed E-state index contributed by atoms with van der Waals surface area (Å²) in [6.07, 6.45) is 0. The van der Waals surface area contributed by atoms with E-state index in [9.17, 15) is 0 Å². The zero-order valence-corrected chi connectivity index (χ0v) is 14.1. The molecular weight excluding hydrogens is 328 g/mol. The second-order valence-corrected chi connectivity index (χ2v) is 7.83. The number of fused-ring (bicyclic) bond motifs is 2. The molecule has 0 radical (unpaired) electrons. The highest BCUT2D eigenvalue weighted by molar-refractivity contribution is 8.01. The Kier molecular flexibility index (Phi) is 3.91. The molecule has 0 atom stereocenters. The Morgan fingerprint density at radius 2 is 1.27 bits per heavy atom. The quantitative estimate of drug-likeness (QED) is 0.510. The summed E-state index contributed by atoms with van der Waals surface area (Å²) in [6, 6.07) is 25.5. The summed E-state index contributed by atoms with van der Waals surface area (Å²) in [5.41, 5.74) is 2.79. The first-order valence-electron chi connectivity index (χ1n) is 7.09. The molecule has 1 aliphatic heterocycles. The lowest BCUT2D eigenvalue weighted by molar-refractivity contribution is 1.03. The second-order valence-electron chi connectivity index (χ2n) is 5.13. The predicted octanol–water partition coefficient (Wildman–Crippen LogP) is 6.69. The van der Waals surface area contributed by atoms with Gasteiger partial charge in [-0.25, -0.2) is 0 Å². The van der Waals surface area contributed by atoms with Crippen LogP contribution in [0, 0.1) is 0 Å². The molecule has 0 aliphatic carbocycles. The van der Waals surface area contributed by atoms with Gasteiger partial charge in [0, 0.05) is 19.7 Å². The number of benzene rings is 3. The average molecular weight is 341 g/mol. The highest BCUT2D eigenvalue weighted by Gasteiger charge is 2.26. The Hall–Kier alpha value is -1.35.